The summed E-state index contributed by atoms with van der Waals surface area (Å²) in [5.41, 5.74) is 3.00. The Labute approximate surface area is 159 Å². The standard InChI is InChI=1S/C23H24N2S/c1-24-12-14-25(15-13-24)21-16-18-7-3-5-9-22(18)26-23-19-8-4-2-6-17(19)10-11-20(21)23/h2-11,21H,12-16H2,1H3. The van der Waals surface area contributed by atoms with Crippen molar-refractivity contribution in [1.82, 2.24) is 9.80 Å². The molecular weight excluding hydrogens is 336 g/mol. The Morgan fingerprint density at radius 2 is 1.62 bits per heavy atom. The van der Waals surface area contributed by atoms with E-state index in [1.165, 1.54) is 31.7 Å². The van der Waals surface area contributed by atoms with E-state index in [2.05, 4.69) is 77.5 Å². The van der Waals surface area contributed by atoms with E-state index in [4.69, 9.17) is 0 Å². The van der Waals surface area contributed by atoms with E-state index in [0.717, 1.165) is 32.6 Å². The monoisotopic (exact) mass is 360 g/mol. The number of benzene rings is 3. The van der Waals surface area contributed by atoms with E-state index in [0.29, 0.717) is 6.04 Å². The van der Waals surface area contributed by atoms with Crippen molar-refractivity contribution < 1.29 is 0 Å². The molecule has 2 heterocycles. The molecule has 0 bridgehead atoms. The van der Waals surface area contributed by atoms with Crippen LogP contribution in [0.4, 0.5) is 0 Å². The Morgan fingerprint density at radius 1 is 0.846 bits per heavy atom. The largest absolute Gasteiger partial charge is 0.304 e. The molecule has 26 heavy (non-hydrogen) atoms. The average molecular weight is 361 g/mol. The second-order valence-corrected chi connectivity index (χ2v) is 8.53. The molecule has 1 saturated heterocycles. The molecule has 0 N–H and O–H groups in total. The molecular formula is C23H24N2S. The van der Waals surface area contributed by atoms with E-state index in [9.17, 15) is 0 Å². The van der Waals surface area contributed by atoms with Gasteiger partial charge in [-0.2, -0.15) is 0 Å². The van der Waals surface area contributed by atoms with E-state index >= 15 is 0 Å². The predicted octanol–water partition coefficient (Wildman–Crippen LogP) is 4.84. The number of rotatable bonds is 1. The lowest BCUT2D eigenvalue weighted by Crippen LogP contribution is -2.46. The highest BCUT2D eigenvalue weighted by atomic mass is 32.2. The number of hydrogen-bond donors (Lipinski definition) is 0. The molecule has 3 aromatic carbocycles. The van der Waals surface area contributed by atoms with Gasteiger partial charge in [-0.15, -0.1) is 0 Å². The molecule has 1 atom stereocenters. The topological polar surface area (TPSA) is 6.48 Å². The lowest BCUT2D eigenvalue weighted by molar-refractivity contribution is 0.110. The maximum Gasteiger partial charge on any atom is 0.0401 e. The van der Waals surface area contributed by atoms with Gasteiger partial charge >= 0.3 is 0 Å². The lowest BCUT2D eigenvalue weighted by atomic mass is 9.94. The second kappa shape index (κ2) is 6.73. The summed E-state index contributed by atoms with van der Waals surface area (Å²) in [4.78, 5) is 8.02. The minimum atomic E-state index is 0.472. The smallest absolute Gasteiger partial charge is 0.0401 e. The first-order valence-electron chi connectivity index (χ1n) is 9.49. The minimum absolute atomic E-state index is 0.472. The summed E-state index contributed by atoms with van der Waals surface area (Å²) >= 11 is 1.96. The Bertz CT molecular complexity index is 944. The van der Waals surface area contributed by atoms with Crippen LogP contribution in [0.25, 0.3) is 10.8 Å². The van der Waals surface area contributed by atoms with Crippen molar-refractivity contribution in [2.75, 3.05) is 33.2 Å². The average Bonchev–Trinajstić information content (AvgIpc) is 2.85. The van der Waals surface area contributed by atoms with Crippen LogP contribution in [0.2, 0.25) is 0 Å². The zero-order valence-electron chi connectivity index (χ0n) is 15.2. The van der Waals surface area contributed by atoms with Gasteiger partial charge in [0, 0.05) is 42.0 Å². The van der Waals surface area contributed by atoms with Crippen molar-refractivity contribution in [1.29, 1.82) is 0 Å². The lowest BCUT2D eigenvalue weighted by Gasteiger charge is -2.38. The summed E-state index contributed by atoms with van der Waals surface area (Å²) < 4.78 is 0. The van der Waals surface area contributed by atoms with Crippen LogP contribution in [0.5, 0.6) is 0 Å². The highest BCUT2D eigenvalue weighted by Crippen LogP contribution is 2.45. The fourth-order valence-corrected chi connectivity index (χ4v) is 5.56. The molecule has 0 aromatic heterocycles. The van der Waals surface area contributed by atoms with Crippen LogP contribution in [0.1, 0.15) is 17.2 Å². The Balaban J connectivity index is 1.67. The van der Waals surface area contributed by atoms with Crippen molar-refractivity contribution in [3.8, 4) is 0 Å². The van der Waals surface area contributed by atoms with Crippen molar-refractivity contribution in [2.45, 2.75) is 22.3 Å². The quantitative estimate of drug-likeness (QED) is 0.613. The molecule has 2 nitrogen and oxygen atoms in total. The second-order valence-electron chi connectivity index (χ2n) is 7.47. The third kappa shape index (κ3) is 2.84. The first kappa shape index (κ1) is 16.4. The highest BCUT2D eigenvalue weighted by molar-refractivity contribution is 7.99. The van der Waals surface area contributed by atoms with Crippen molar-refractivity contribution in [2.24, 2.45) is 0 Å². The molecule has 3 aromatic rings. The molecule has 0 spiro atoms. The summed E-state index contributed by atoms with van der Waals surface area (Å²) in [5, 5.41) is 2.74. The summed E-state index contributed by atoms with van der Waals surface area (Å²) in [6, 6.07) is 23.0. The third-order valence-corrected chi connectivity index (χ3v) is 7.12. The summed E-state index contributed by atoms with van der Waals surface area (Å²) in [5.74, 6) is 0. The fraction of sp³-hybridized carbons (Fsp3) is 0.304. The molecule has 0 aliphatic carbocycles. The summed E-state index contributed by atoms with van der Waals surface area (Å²) in [6.45, 7) is 4.63. The van der Waals surface area contributed by atoms with Crippen molar-refractivity contribution >= 4 is 22.5 Å². The fourth-order valence-electron chi connectivity index (χ4n) is 4.30. The Hall–Kier alpha value is -1.81. The molecule has 0 saturated carbocycles. The SMILES string of the molecule is CN1CCN(C2Cc3ccccc3Sc3c2ccc2ccccc32)CC1. The molecule has 2 aliphatic rings. The van der Waals surface area contributed by atoms with E-state index in [-0.39, 0.29) is 0 Å². The molecule has 0 amide bonds. The third-order valence-electron chi connectivity index (χ3n) is 5.85. The summed E-state index contributed by atoms with van der Waals surface area (Å²) in [6.07, 6.45) is 1.11. The van der Waals surface area contributed by atoms with Gasteiger partial charge in [0.25, 0.3) is 0 Å². The van der Waals surface area contributed by atoms with Crippen LogP contribution >= 0.6 is 11.8 Å². The normalized spacial score (nSPS) is 21.2. The maximum atomic E-state index is 2.70. The Morgan fingerprint density at radius 3 is 2.50 bits per heavy atom. The van der Waals surface area contributed by atoms with Gasteiger partial charge in [-0.05, 0) is 41.4 Å². The van der Waals surface area contributed by atoms with Crippen LogP contribution in [0.15, 0.2) is 70.5 Å². The van der Waals surface area contributed by atoms with Crippen LogP contribution in [-0.2, 0) is 6.42 Å². The molecule has 3 heteroatoms. The van der Waals surface area contributed by atoms with Gasteiger partial charge in [-0.25, -0.2) is 0 Å². The van der Waals surface area contributed by atoms with Crippen molar-refractivity contribution in [3.63, 3.8) is 0 Å². The van der Waals surface area contributed by atoms with Crippen LogP contribution < -0.4 is 0 Å². The van der Waals surface area contributed by atoms with Gasteiger partial charge in [0.1, 0.15) is 0 Å². The van der Waals surface area contributed by atoms with Gasteiger partial charge in [0.15, 0.2) is 0 Å². The number of nitrogens with zero attached hydrogens (tertiary/aromatic N) is 2. The Kier molecular flexibility index (Phi) is 4.24. The van der Waals surface area contributed by atoms with Gasteiger partial charge in [-0.1, -0.05) is 66.4 Å². The number of fused-ring (bicyclic) bond motifs is 4. The van der Waals surface area contributed by atoms with Gasteiger partial charge in [-0.3, -0.25) is 4.90 Å². The van der Waals surface area contributed by atoms with Gasteiger partial charge in [0.2, 0.25) is 0 Å². The number of likely N-dealkylation sites (N-methyl/N-ethyl adjacent to an activating group) is 1. The zero-order chi connectivity index (χ0) is 17.5. The first-order valence-corrected chi connectivity index (χ1v) is 10.3. The van der Waals surface area contributed by atoms with Gasteiger partial charge < -0.3 is 4.90 Å². The van der Waals surface area contributed by atoms with E-state index in [1.807, 2.05) is 11.8 Å². The minimum Gasteiger partial charge on any atom is -0.304 e. The molecule has 1 fully saturated rings. The molecule has 132 valence electrons. The van der Waals surface area contributed by atoms with Gasteiger partial charge in [0.05, 0.1) is 0 Å². The van der Waals surface area contributed by atoms with Crippen LogP contribution in [0.3, 0.4) is 0 Å². The van der Waals surface area contributed by atoms with E-state index in [1.54, 1.807) is 0 Å². The predicted molar refractivity (Wildman–Crippen MR) is 110 cm³/mol. The van der Waals surface area contributed by atoms with Crippen LogP contribution in [0, 0.1) is 0 Å². The number of piperazine rings is 1. The molecule has 0 radical (unpaired) electrons. The zero-order valence-corrected chi connectivity index (χ0v) is 16.0. The maximum absolute atomic E-state index is 2.70. The molecule has 5 rings (SSSR count). The summed E-state index contributed by atoms with van der Waals surface area (Å²) in [7, 11) is 2.23. The first-order chi connectivity index (χ1) is 12.8. The highest BCUT2D eigenvalue weighted by Gasteiger charge is 2.30. The van der Waals surface area contributed by atoms with E-state index < -0.39 is 0 Å². The van der Waals surface area contributed by atoms with Crippen LogP contribution in [-0.4, -0.2) is 43.0 Å². The molecule has 1 unspecified atom stereocenters. The number of hydrogen-bond acceptors (Lipinski definition) is 3. The van der Waals surface area contributed by atoms with Crippen molar-refractivity contribution in [3.05, 3.63) is 71.8 Å². The molecule has 2 aliphatic heterocycles.